The molecule has 1 saturated heterocycles. The van der Waals surface area contributed by atoms with Gasteiger partial charge in [0.25, 0.3) is 0 Å². The largest absolute Gasteiger partial charge is 0.320 e. The smallest absolute Gasteiger partial charge is 0.0555 e. The fraction of sp³-hybridized carbons (Fsp3) is 0.556. The molecular weight excluding hydrogens is 244 g/mol. The van der Waals surface area contributed by atoms with E-state index in [2.05, 4.69) is 47.9 Å². The number of nitrogens with two attached hydrogens (primary N) is 1. The van der Waals surface area contributed by atoms with E-state index in [-0.39, 0.29) is 0 Å². The second kappa shape index (κ2) is 8.09. The number of rotatable bonds is 3. The standard InChI is InChI=1S/C18H26N2/c1-2-16-7-6-13-20(14-11-16)15-18-9-4-3-8-17(18)10-5-12-19/h3-4,8-9,16H,2,6-7,11-15,19H2,1H3. The van der Waals surface area contributed by atoms with Crippen LogP contribution in [0.2, 0.25) is 0 Å². The molecule has 2 N–H and O–H groups in total. The van der Waals surface area contributed by atoms with E-state index in [9.17, 15) is 0 Å². The fourth-order valence-electron chi connectivity index (χ4n) is 2.96. The number of likely N-dealkylation sites (tertiary alicyclic amines) is 1. The lowest BCUT2D eigenvalue weighted by Gasteiger charge is -2.21. The lowest BCUT2D eigenvalue weighted by Crippen LogP contribution is -2.24. The normalized spacial score (nSPS) is 20.0. The van der Waals surface area contributed by atoms with Crippen molar-refractivity contribution in [1.29, 1.82) is 0 Å². The van der Waals surface area contributed by atoms with Crippen molar-refractivity contribution in [2.24, 2.45) is 11.7 Å². The van der Waals surface area contributed by atoms with Crippen LogP contribution in [0.4, 0.5) is 0 Å². The maximum atomic E-state index is 5.48. The summed E-state index contributed by atoms with van der Waals surface area (Å²) in [4.78, 5) is 2.58. The van der Waals surface area contributed by atoms with Crippen molar-refractivity contribution in [1.82, 2.24) is 4.90 Å². The molecule has 2 nitrogen and oxygen atoms in total. The molecule has 1 aromatic rings. The van der Waals surface area contributed by atoms with Gasteiger partial charge in [0.15, 0.2) is 0 Å². The van der Waals surface area contributed by atoms with Gasteiger partial charge in [0.05, 0.1) is 6.54 Å². The predicted octanol–water partition coefficient (Wildman–Crippen LogP) is 3.01. The molecule has 1 fully saturated rings. The van der Waals surface area contributed by atoms with E-state index in [4.69, 9.17) is 5.73 Å². The van der Waals surface area contributed by atoms with Gasteiger partial charge in [0.2, 0.25) is 0 Å². The SMILES string of the molecule is CCC1CCCN(Cc2ccccc2C#CCN)CC1. The molecule has 2 heteroatoms. The molecule has 1 aromatic carbocycles. The summed E-state index contributed by atoms with van der Waals surface area (Å²) in [6, 6.07) is 8.46. The van der Waals surface area contributed by atoms with Crippen LogP contribution in [0.3, 0.4) is 0 Å². The van der Waals surface area contributed by atoms with Gasteiger partial charge in [-0.05, 0) is 49.9 Å². The van der Waals surface area contributed by atoms with E-state index < -0.39 is 0 Å². The Bertz CT molecular complexity index is 470. The van der Waals surface area contributed by atoms with E-state index in [0.717, 1.165) is 18.0 Å². The third-order valence-corrected chi connectivity index (χ3v) is 4.25. The first-order chi connectivity index (χ1) is 9.83. The van der Waals surface area contributed by atoms with Gasteiger partial charge in [-0.1, -0.05) is 43.4 Å². The highest BCUT2D eigenvalue weighted by atomic mass is 15.1. The molecule has 0 spiro atoms. The Morgan fingerprint density at radius 3 is 2.90 bits per heavy atom. The Hall–Kier alpha value is -1.30. The second-order valence-corrected chi connectivity index (χ2v) is 5.64. The molecule has 2 rings (SSSR count). The van der Waals surface area contributed by atoms with Crippen LogP contribution in [0.1, 0.15) is 43.7 Å². The van der Waals surface area contributed by atoms with Crippen LogP contribution in [-0.4, -0.2) is 24.5 Å². The summed E-state index contributed by atoms with van der Waals surface area (Å²) < 4.78 is 0. The Labute approximate surface area is 123 Å². The fourth-order valence-corrected chi connectivity index (χ4v) is 2.96. The summed E-state index contributed by atoms with van der Waals surface area (Å²) in [7, 11) is 0. The van der Waals surface area contributed by atoms with Crippen LogP contribution < -0.4 is 5.73 Å². The van der Waals surface area contributed by atoms with Crippen LogP contribution in [-0.2, 0) is 6.54 Å². The maximum Gasteiger partial charge on any atom is 0.0555 e. The molecule has 0 aromatic heterocycles. The third-order valence-electron chi connectivity index (χ3n) is 4.25. The van der Waals surface area contributed by atoms with Crippen LogP contribution >= 0.6 is 0 Å². The first kappa shape index (κ1) is 15.1. The Morgan fingerprint density at radius 2 is 2.10 bits per heavy atom. The molecule has 1 aliphatic heterocycles. The number of hydrogen-bond donors (Lipinski definition) is 1. The van der Waals surface area contributed by atoms with Crippen LogP contribution in [0, 0.1) is 17.8 Å². The Kier molecular flexibility index (Phi) is 6.11. The van der Waals surface area contributed by atoms with E-state index in [1.807, 2.05) is 0 Å². The Balaban J connectivity index is 2.02. The van der Waals surface area contributed by atoms with Crippen molar-refractivity contribution >= 4 is 0 Å². The zero-order chi connectivity index (χ0) is 14.2. The highest BCUT2D eigenvalue weighted by molar-refractivity contribution is 5.41. The lowest BCUT2D eigenvalue weighted by atomic mass is 9.98. The quantitative estimate of drug-likeness (QED) is 0.856. The minimum absolute atomic E-state index is 0.427. The van der Waals surface area contributed by atoms with E-state index in [1.165, 1.54) is 44.3 Å². The molecule has 1 heterocycles. The van der Waals surface area contributed by atoms with Crippen LogP contribution in [0.15, 0.2) is 24.3 Å². The molecule has 20 heavy (non-hydrogen) atoms. The first-order valence-electron chi connectivity index (χ1n) is 7.82. The summed E-state index contributed by atoms with van der Waals surface area (Å²) in [6.07, 6.45) is 5.39. The van der Waals surface area contributed by atoms with Crippen molar-refractivity contribution in [3.8, 4) is 11.8 Å². The topological polar surface area (TPSA) is 29.3 Å². The maximum absolute atomic E-state index is 5.48. The third kappa shape index (κ3) is 4.37. The van der Waals surface area contributed by atoms with Gasteiger partial charge in [-0.25, -0.2) is 0 Å². The summed E-state index contributed by atoms with van der Waals surface area (Å²) in [5.41, 5.74) is 7.95. The molecule has 0 saturated carbocycles. The molecule has 0 amide bonds. The van der Waals surface area contributed by atoms with Crippen LogP contribution in [0.5, 0.6) is 0 Å². The van der Waals surface area contributed by atoms with Gasteiger partial charge >= 0.3 is 0 Å². The van der Waals surface area contributed by atoms with E-state index >= 15 is 0 Å². The van der Waals surface area contributed by atoms with Crippen molar-refractivity contribution in [2.45, 2.75) is 39.2 Å². The van der Waals surface area contributed by atoms with Gasteiger partial charge in [0.1, 0.15) is 0 Å². The monoisotopic (exact) mass is 270 g/mol. The molecule has 1 aliphatic rings. The zero-order valence-corrected chi connectivity index (χ0v) is 12.6. The van der Waals surface area contributed by atoms with Crippen molar-refractivity contribution in [2.75, 3.05) is 19.6 Å². The average molecular weight is 270 g/mol. The molecular formula is C18H26N2. The number of hydrogen-bond acceptors (Lipinski definition) is 2. The van der Waals surface area contributed by atoms with Gasteiger partial charge in [-0.15, -0.1) is 0 Å². The van der Waals surface area contributed by atoms with E-state index in [1.54, 1.807) is 0 Å². The highest BCUT2D eigenvalue weighted by Gasteiger charge is 2.16. The minimum Gasteiger partial charge on any atom is -0.320 e. The molecule has 1 unspecified atom stereocenters. The average Bonchev–Trinajstić information content (AvgIpc) is 2.71. The number of benzene rings is 1. The van der Waals surface area contributed by atoms with Crippen LogP contribution in [0.25, 0.3) is 0 Å². The molecule has 0 radical (unpaired) electrons. The van der Waals surface area contributed by atoms with Gasteiger partial charge < -0.3 is 5.73 Å². The van der Waals surface area contributed by atoms with Crippen molar-refractivity contribution < 1.29 is 0 Å². The highest BCUT2D eigenvalue weighted by Crippen LogP contribution is 2.22. The summed E-state index contributed by atoms with van der Waals surface area (Å²) in [5, 5.41) is 0. The molecule has 0 aliphatic carbocycles. The minimum atomic E-state index is 0.427. The van der Waals surface area contributed by atoms with Gasteiger partial charge in [-0.3, -0.25) is 4.90 Å². The van der Waals surface area contributed by atoms with Gasteiger partial charge in [0, 0.05) is 12.1 Å². The predicted molar refractivity (Wildman–Crippen MR) is 85.3 cm³/mol. The van der Waals surface area contributed by atoms with E-state index in [0.29, 0.717) is 6.54 Å². The zero-order valence-electron chi connectivity index (χ0n) is 12.6. The summed E-state index contributed by atoms with van der Waals surface area (Å²) in [5.74, 6) is 7.09. The summed E-state index contributed by atoms with van der Waals surface area (Å²) >= 11 is 0. The Morgan fingerprint density at radius 1 is 1.25 bits per heavy atom. The molecule has 108 valence electrons. The summed E-state index contributed by atoms with van der Waals surface area (Å²) in [6.45, 7) is 6.20. The van der Waals surface area contributed by atoms with Gasteiger partial charge in [-0.2, -0.15) is 0 Å². The molecule has 1 atom stereocenters. The van der Waals surface area contributed by atoms with Crippen molar-refractivity contribution in [3.05, 3.63) is 35.4 Å². The number of nitrogens with zero attached hydrogens (tertiary/aromatic N) is 1. The van der Waals surface area contributed by atoms with Crippen molar-refractivity contribution in [3.63, 3.8) is 0 Å². The first-order valence-corrected chi connectivity index (χ1v) is 7.82. The lowest BCUT2D eigenvalue weighted by molar-refractivity contribution is 0.272. The second-order valence-electron chi connectivity index (χ2n) is 5.64. The molecule has 0 bridgehead atoms.